The fourth-order valence-corrected chi connectivity index (χ4v) is 1.39. The van der Waals surface area contributed by atoms with Crippen molar-refractivity contribution in [1.82, 2.24) is 4.90 Å². The highest BCUT2D eigenvalue weighted by molar-refractivity contribution is 6.02. The van der Waals surface area contributed by atoms with Crippen molar-refractivity contribution in [2.24, 2.45) is 0 Å². The largest absolute Gasteiger partial charge is 0.480 e. The number of rotatable bonds is 7. The van der Waals surface area contributed by atoms with Crippen LogP contribution in [0.4, 0.5) is 0 Å². The standard InChI is InChI=1S/C10H17NO9/c1-4(14)7(10(19)20)11(8(17)5(15)2-12)9(18)6(16)3-13/h4-7,12-16H,2-3H2,1H3,(H,19,20). The number of aliphatic carboxylic acids is 1. The molecule has 0 aromatic carbocycles. The molecule has 10 nitrogen and oxygen atoms in total. The average Bonchev–Trinajstić information content (AvgIpc) is 2.40. The maximum Gasteiger partial charge on any atom is 0.329 e. The molecule has 4 atom stereocenters. The number of carboxylic acids is 1. The summed E-state index contributed by atoms with van der Waals surface area (Å²) in [5.74, 6) is -4.80. The van der Waals surface area contributed by atoms with Gasteiger partial charge in [0.25, 0.3) is 11.8 Å². The third-order valence-corrected chi connectivity index (χ3v) is 2.38. The van der Waals surface area contributed by atoms with E-state index in [1.165, 1.54) is 0 Å². The molecule has 20 heavy (non-hydrogen) atoms. The van der Waals surface area contributed by atoms with Crippen molar-refractivity contribution in [3.63, 3.8) is 0 Å². The Hall–Kier alpha value is -1.59. The van der Waals surface area contributed by atoms with Crippen molar-refractivity contribution in [1.29, 1.82) is 0 Å². The molecule has 0 bridgehead atoms. The molecular formula is C10H17NO9. The van der Waals surface area contributed by atoms with E-state index in [0.29, 0.717) is 0 Å². The smallest absolute Gasteiger partial charge is 0.329 e. The number of imide groups is 1. The Labute approximate surface area is 113 Å². The predicted molar refractivity (Wildman–Crippen MR) is 61.1 cm³/mol. The Morgan fingerprint density at radius 2 is 1.30 bits per heavy atom. The number of hydrogen-bond acceptors (Lipinski definition) is 8. The van der Waals surface area contributed by atoms with E-state index >= 15 is 0 Å². The summed E-state index contributed by atoms with van der Waals surface area (Å²) in [4.78, 5) is 34.4. The summed E-state index contributed by atoms with van der Waals surface area (Å²) in [6, 6.07) is -2.09. The van der Waals surface area contributed by atoms with Gasteiger partial charge in [-0.1, -0.05) is 0 Å². The SMILES string of the molecule is CC(O)C(C(=O)O)N(C(=O)C(O)CO)C(=O)C(O)CO. The Morgan fingerprint density at radius 1 is 0.950 bits per heavy atom. The molecule has 0 aliphatic heterocycles. The number of carbonyl (C=O) groups excluding carboxylic acids is 2. The van der Waals surface area contributed by atoms with Gasteiger partial charge >= 0.3 is 5.97 Å². The van der Waals surface area contributed by atoms with Crippen molar-refractivity contribution in [3.8, 4) is 0 Å². The van der Waals surface area contributed by atoms with Crippen LogP contribution >= 0.6 is 0 Å². The lowest BCUT2D eigenvalue weighted by molar-refractivity contribution is -0.171. The van der Waals surface area contributed by atoms with Gasteiger partial charge < -0.3 is 30.6 Å². The fraction of sp³-hybridized carbons (Fsp3) is 0.700. The normalized spacial score (nSPS) is 16.9. The first-order valence-corrected chi connectivity index (χ1v) is 5.54. The Morgan fingerprint density at radius 3 is 1.50 bits per heavy atom. The zero-order valence-corrected chi connectivity index (χ0v) is 10.6. The molecule has 0 aliphatic carbocycles. The molecule has 116 valence electrons. The highest BCUT2D eigenvalue weighted by atomic mass is 16.4. The van der Waals surface area contributed by atoms with E-state index in [4.69, 9.17) is 15.3 Å². The summed E-state index contributed by atoms with van der Waals surface area (Å²) in [6.07, 6.45) is -5.92. The monoisotopic (exact) mass is 295 g/mol. The molecule has 10 heteroatoms. The lowest BCUT2D eigenvalue weighted by Crippen LogP contribution is -2.59. The number of aliphatic hydroxyl groups excluding tert-OH is 5. The van der Waals surface area contributed by atoms with E-state index in [9.17, 15) is 29.7 Å². The molecule has 0 saturated carbocycles. The number of aliphatic hydroxyl groups is 5. The maximum absolute atomic E-state index is 11.7. The molecule has 0 aliphatic rings. The second-order valence-corrected chi connectivity index (χ2v) is 3.97. The number of hydrogen-bond donors (Lipinski definition) is 6. The van der Waals surface area contributed by atoms with Gasteiger partial charge in [0.15, 0.2) is 18.2 Å². The van der Waals surface area contributed by atoms with Gasteiger partial charge in [-0.05, 0) is 6.92 Å². The highest BCUT2D eigenvalue weighted by Crippen LogP contribution is 2.11. The topological polar surface area (TPSA) is 176 Å². The molecule has 0 spiro atoms. The van der Waals surface area contributed by atoms with Gasteiger partial charge in [-0.25, -0.2) is 4.79 Å². The van der Waals surface area contributed by atoms with Crippen LogP contribution in [-0.4, -0.2) is 90.9 Å². The summed E-state index contributed by atoms with van der Waals surface area (Å²) in [5, 5.41) is 54.0. The third-order valence-electron chi connectivity index (χ3n) is 2.38. The molecule has 4 unspecified atom stereocenters. The average molecular weight is 295 g/mol. The van der Waals surface area contributed by atoms with Gasteiger partial charge in [0.1, 0.15) is 0 Å². The van der Waals surface area contributed by atoms with Crippen LogP contribution in [0, 0.1) is 0 Å². The number of carbonyl (C=O) groups is 3. The molecule has 0 heterocycles. The van der Waals surface area contributed by atoms with Gasteiger partial charge in [0.05, 0.1) is 19.3 Å². The van der Waals surface area contributed by atoms with Gasteiger partial charge in [0.2, 0.25) is 0 Å². The van der Waals surface area contributed by atoms with E-state index in [0.717, 1.165) is 6.92 Å². The van der Waals surface area contributed by atoms with Crippen molar-refractivity contribution in [2.45, 2.75) is 31.3 Å². The fourth-order valence-electron chi connectivity index (χ4n) is 1.39. The van der Waals surface area contributed by atoms with Crippen LogP contribution in [-0.2, 0) is 14.4 Å². The Bertz CT molecular complexity index is 348. The molecule has 0 saturated heterocycles. The predicted octanol–water partition coefficient (Wildman–Crippen LogP) is -4.12. The van der Waals surface area contributed by atoms with E-state index in [-0.39, 0.29) is 4.90 Å². The van der Waals surface area contributed by atoms with Crippen LogP contribution in [0.5, 0.6) is 0 Å². The maximum atomic E-state index is 11.7. The minimum Gasteiger partial charge on any atom is -0.480 e. The summed E-state index contributed by atoms with van der Waals surface area (Å²) >= 11 is 0. The Balaban J connectivity index is 5.61. The van der Waals surface area contributed by atoms with Crippen LogP contribution in [0.3, 0.4) is 0 Å². The number of carboxylic acid groups (broad SMARTS) is 1. The first-order chi connectivity index (χ1) is 9.18. The summed E-state index contributed by atoms with van der Waals surface area (Å²) in [5.41, 5.74) is 0. The first kappa shape index (κ1) is 18.4. The van der Waals surface area contributed by atoms with Crippen LogP contribution in [0.15, 0.2) is 0 Å². The lowest BCUT2D eigenvalue weighted by atomic mass is 10.1. The van der Waals surface area contributed by atoms with Crippen molar-refractivity contribution in [2.75, 3.05) is 13.2 Å². The lowest BCUT2D eigenvalue weighted by Gasteiger charge is -2.31. The van der Waals surface area contributed by atoms with E-state index in [1.807, 2.05) is 0 Å². The summed E-state index contributed by atoms with van der Waals surface area (Å²) < 4.78 is 0. The molecule has 0 aromatic rings. The summed E-state index contributed by atoms with van der Waals surface area (Å²) in [7, 11) is 0. The van der Waals surface area contributed by atoms with Gasteiger partial charge in [-0.3, -0.25) is 14.5 Å². The third kappa shape index (κ3) is 4.21. The van der Waals surface area contributed by atoms with Gasteiger partial charge in [-0.15, -0.1) is 0 Å². The van der Waals surface area contributed by atoms with Crippen LogP contribution in [0.2, 0.25) is 0 Å². The van der Waals surface area contributed by atoms with Gasteiger partial charge in [-0.2, -0.15) is 0 Å². The van der Waals surface area contributed by atoms with Crippen LogP contribution < -0.4 is 0 Å². The molecule has 0 fully saturated rings. The molecular weight excluding hydrogens is 278 g/mol. The van der Waals surface area contributed by atoms with E-state index in [1.54, 1.807) is 0 Å². The quantitative estimate of drug-likeness (QED) is 0.272. The van der Waals surface area contributed by atoms with Crippen LogP contribution in [0.25, 0.3) is 0 Å². The Kier molecular flexibility index (Phi) is 7.24. The van der Waals surface area contributed by atoms with Crippen LogP contribution in [0.1, 0.15) is 6.92 Å². The second-order valence-electron chi connectivity index (χ2n) is 3.97. The molecule has 2 amide bonds. The summed E-state index contributed by atoms with van der Waals surface area (Å²) in [6.45, 7) is -1.21. The minimum atomic E-state index is -2.11. The minimum absolute atomic E-state index is 0.0885. The van der Waals surface area contributed by atoms with E-state index < -0.39 is 55.4 Å². The van der Waals surface area contributed by atoms with Crippen molar-refractivity contribution >= 4 is 17.8 Å². The highest BCUT2D eigenvalue weighted by Gasteiger charge is 2.42. The molecule has 6 N–H and O–H groups in total. The second kappa shape index (κ2) is 7.87. The zero-order chi connectivity index (χ0) is 16.0. The number of nitrogens with zero attached hydrogens (tertiary/aromatic N) is 1. The first-order valence-electron chi connectivity index (χ1n) is 5.54. The van der Waals surface area contributed by atoms with E-state index in [2.05, 4.69) is 0 Å². The molecule has 0 rings (SSSR count). The van der Waals surface area contributed by atoms with Crippen molar-refractivity contribution in [3.05, 3.63) is 0 Å². The number of amides is 2. The van der Waals surface area contributed by atoms with Gasteiger partial charge in [0, 0.05) is 0 Å². The zero-order valence-electron chi connectivity index (χ0n) is 10.6. The molecule has 0 radical (unpaired) electrons. The molecule has 0 aromatic heterocycles. The van der Waals surface area contributed by atoms with Crippen molar-refractivity contribution < 1.29 is 45.0 Å².